The predicted molar refractivity (Wildman–Crippen MR) is 136 cm³/mol. The largest absolute Gasteiger partial charge is 0.417 e. The van der Waals surface area contributed by atoms with E-state index in [1.807, 2.05) is 13.0 Å². The van der Waals surface area contributed by atoms with Gasteiger partial charge >= 0.3 is 6.09 Å². The molecule has 2 N–H and O–H groups in total. The summed E-state index contributed by atoms with van der Waals surface area (Å²) in [5, 5.41) is 11.8. The van der Waals surface area contributed by atoms with Crippen molar-refractivity contribution in [3.63, 3.8) is 0 Å². The zero-order chi connectivity index (χ0) is 25.5. The standard InChI is InChI=1S/C25H28N4O6S/c1-18-16-34-13-11-29(18)23-15-21(17-36(32,33)14-12-30)26-24(28-23)19-7-9-20(10-8-19)27-25(31)35-22-5-3-2-4-6-22/h2-10,15,18,30H,11-14,16-17H2,1H3,(H,27,31). The summed E-state index contributed by atoms with van der Waals surface area (Å²) < 4.78 is 35.5. The van der Waals surface area contributed by atoms with Crippen LogP contribution in [0, 0.1) is 0 Å². The van der Waals surface area contributed by atoms with Crippen LogP contribution in [0.3, 0.4) is 0 Å². The van der Waals surface area contributed by atoms with E-state index in [9.17, 15) is 13.2 Å². The lowest BCUT2D eigenvalue weighted by molar-refractivity contribution is 0.0985. The van der Waals surface area contributed by atoms with E-state index in [1.165, 1.54) is 0 Å². The lowest BCUT2D eigenvalue weighted by Crippen LogP contribution is -2.44. The van der Waals surface area contributed by atoms with Crippen LogP contribution in [0.25, 0.3) is 11.4 Å². The van der Waals surface area contributed by atoms with Gasteiger partial charge in [-0.3, -0.25) is 5.32 Å². The number of aliphatic hydroxyl groups is 1. The number of aromatic nitrogens is 2. The Morgan fingerprint density at radius 2 is 1.92 bits per heavy atom. The molecule has 1 saturated heterocycles. The number of morpholine rings is 1. The SMILES string of the molecule is CC1COCCN1c1cc(CS(=O)(=O)CCO)nc(-c2ccc(NC(=O)Oc3ccccc3)cc2)n1. The summed E-state index contributed by atoms with van der Waals surface area (Å²) in [5.74, 6) is 0.754. The van der Waals surface area contributed by atoms with Crippen molar-refractivity contribution < 1.29 is 27.8 Å². The highest BCUT2D eigenvalue weighted by molar-refractivity contribution is 7.90. The van der Waals surface area contributed by atoms with Crippen molar-refractivity contribution in [2.45, 2.75) is 18.7 Å². The Bertz CT molecular complexity index is 1290. The normalized spacial score (nSPS) is 15.9. The number of aliphatic hydroxyl groups excluding tert-OH is 1. The molecule has 0 aliphatic carbocycles. The van der Waals surface area contributed by atoms with Crippen molar-refractivity contribution in [2.75, 3.05) is 42.3 Å². The Morgan fingerprint density at radius 3 is 2.61 bits per heavy atom. The molecule has 2 heterocycles. The lowest BCUT2D eigenvalue weighted by atomic mass is 10.2. The number of hydrogen-bond donors (Lipinski definition) is 2. The van der Waals surface area contributed by atoms with Gasteiger partial charge in [0.1, 0.15) is 11.6 Å². The van der Waals surface area contributed by atoms with Crippen LogP contribution >= 0.6 is 0 Å². The molecule has 0 radical (unpaired) electrons. The number of nitrogens with zero attached hydrogens (tertiary/aromatic N) is 3. The third-order valence-corrected chi connectivity index (χ3v) is 7.08. The van der Waals surface area contributed by atoms with Crippen LogP contribution in [0.5, 0.6) is 5.75 Å². The van der Waals surface area contributed by atoms with E-state index in [2.05, 4.69) is 15.2 Å². The molecule has 4 rings (SSSR count). The fourth-order valence-electron chi connectivity index (χ4n) is 3.78. The third kappa shape index (κ3) is 6.78. The van der Waals surface area contributed by atoms with Crippen LogP contribution in [0.1, 0.15) is 12.6 Å². The van der Waals surface area contributed by atoms with Gasteiger partial charge in [0, 0.05) is 23.9 Å². The van der Waals surface area contributed by atoms with Crippen molar-refractivity contribution in [1.82, 2.24) is 9.97 Å². The van der Waals surface area contributed by atoms with E-state index in [0.717, 1.165) is 0 Å². The molecule has 0 saturated carbocycles. The Hall–Kier alpha value is -3.54. The molecule has 2 aromatic carbocycles. The molecular weight excluding hydrogens is 484 g/mol. The summed E-state index contributed by atoms with van der Waals surface area (Å²) in [7, 11) is -3.54. The van der Waals surface area contributed by atoms with Gasteiger partial charge in [-0.25, -0.2) is 23.2 Å². The molecule has 1 atom stereocenters. The minimum absolute atomic E-state index is 0.0607. The first-order valence-electron chi connectivity index (χ1n) is 11.5. The van der Waals surface area contributed by atoms with E-state index in [-0.39, 0.29) is 17.5 Å². The molecule has 1 aromatic heterocycles. The zero-order valence-electron chi connectivity index (χ0n) is 19.8. The number of nitrogens with one attached hydrogen (secondary N) is 1. The minimum atomic E-state index is -3.54. The highest BCUT2D eigenvalue weighted by Crippen LogP contribution is 2.25. The first-order valence-corrected chi connectivity index (χ1v) is 13.3. The minimum Gasteiger partial charge on any atom is -0.410 e. The second kappa shape index (κ2) is 11.5. The van der Waals surface area contributed by atoms with E-state index in [0.29, 0.717) is 54.1 Å². The number of amides is 1. The van der Waals surface area contributed by atoms with Crippen LogP contribution in [0.15, 0.2) is 60.7 Å². The Morgan fingerprint density at radius 1 is 1.17 bits per heavy atom. The highest BCUT2D eigenvalue weighted by atomic mass is 32.2. The maximum Gasteiger partial charge on any atom is 0.417 e. The van der Waals surface area contributed by atoms with Crippen LogP contribution < -0.4 is 15.0 Å². The second-order valence-corrected chi connectivity index (χ2v) is 10.6. The van der Waals surface area contributed by atoms with Crippen LogP contribution in [-0.2, 0) is 20.3 Å². The molecular formula is C25H28N4O6S. The second-order valence-electron chi connectivity index (χ2n) is 8.38. The van der Waals surface area contributed by atoms with Gasteiger partial charge in [-0.2, -0.15) is 0 Å². The maximum absolute atomic E-state index is 12.4. The van der Waals surface area contributed by atoms with Crippen LogP contribution in [0.2, 0.25) is 0 Å². The van der Waals surface area contributed by atoms with Gasteiger partial charge in [0.2, 0.25) is 0 Å². The number of anilines is 2. The van der Waals surface area contributed by atoms with E-state index < -0.39 is 22.5 Å². The number of sulfone groups is 1. The van der Waals surface area contributed by atoms with Gasteiger partial charge < -0.3 is 19.5 Å². The van der Waals surface area contributed by atoms with Crippen molar-refractivity contribution >= 4 is 27.4 Å². The van der Waals surface area contributed by atoms with Gasteiger partial charge in [-0.05, 0) is 43.3 Å². The summed E-state index contributed by atoms with van der Waals surface area (Å²) in [6.07, 6.45) is -0.620. The maximum atomic E-state index is 12.4. The Kier molecular flexibility index (Phi) is 8.14. The summed E-state index contributed by atoms with van der Waals surface area (Å²) in [6, 6.07) is 17.3. The quantitative estimate of drug-likeness (QED) is 0.468. The molecule has 1 amide bonds. The average molecular weight is 513 g/mol. The molecule has 0 spiro atoms. The van der Waals surface area contributed by atoms with Gasteiger partial charge in [0.15, 0.2) is 15.7 Å². The Labute approximate surface area is 209 Å². The van der Waals surface area contributed by atoms with Gasteiger partial charge in [-0.1, -0.05) is 18.2 Å². The third-order valence-electron chi connectivity index (χ3n) is 5.54. The van der Waals surface area contributed by atoms with E-state index >= 15 is 0 Å². The molecule has 1 unspecified atom stereocenters. The molecule has 190 valence electrons. The Balaban J connectivity index is 1.57. The van der Waals surface area contributed by atoms with Crippen LogP contribution in [0.4, 0.5) is 16.3 Å². The van der Waals surface area contributed by atoms with E-state index in [4.69, 9.17) is 19.6 Å². The average Bonchev–Trinajstić information content (AvgIpc) is 2.85. The molecule has 11 heteroatoms. The number of carbonyl (C=O) groups excluding carboxylic acids is 1. The van der Waals surface area contributed by atoms with Crippen LogP contribution in [-0.4, -0.2) is 67.7 Å². The number of para-hydroxylation sites is 1. The fourth-order valence-corrected chi connectivity index (χ4v) is 4.80. The number of ether oxygens (including phenoxy) is 2. The summed E-state index contributed by atoms with van der Waals surface area (Å²) in [4.78, 5) is 23.4. The fraction of sp³-hybridized carbons (Fsp3) is 0.320. The van der Waals surface area contributed by atoms with Gasteiger partial charge in [0.25, 0.3) is 0 Å². The van der Waals surface area contributed by atoms with Crippen molar-refractivity contribution in [3.8, 4) is 17.1 Å². The van der Waals surface area contributed by atoms with Crippen molar-refractivity contribution in [1.29, 1.82) is 0 Å². The molecule has 1 fully saturated rings. The zero-order valence-corrected chi connectivity index (χ0v) is 20.6. The molecule has 0 bridgehead atoms. The van der Waals surface area contributed by atoms with Gasteiger partial charge in [0.05, 0.1) is 43.1 Å². The smallest absolute Gasteiger partial charge is 0.410 e. The number of carbonyl (C=O) groups is 1. The first-order chi connectivity index (χ1) is 17.3. The number of benzene rings is 2. The number of rotatable bonds is 8. The summed E-state index contributed by atoms with van der Waals surface area (Å²) >= 11 is 0. The monoisotopic (exact) mass is 512 g/mol. The number of hydrogen-bond acceptors (Lipinski definition) is 9. The molecule has 10 nitrogen and oxygen atoms in total. The van der Waals surface area contributed by atoms with Crippen molar-refractivity contribution in [3.05, 3.63) is 66.4 Å². The summed E-state index contributed by atoms with van der Waals surface area (Å²) in [6.45, 7) is 3.26. The highest BCUT2D eigenvalue weighted by Gasteiger charge is 2.23. The molecule has 1 aliphatic heterocycles. The predicted octanol–water partition coefficient (Wildman–Crippen LogP) is 2.89. The summed E-state index contributed by atoms with van der Waals surface area (Å²) in [5.41, 5.74) is 1.51. The van der Waals surface area contributed by atoms with E-state index in [1.54, 1.807) is 54.6 Å². The molecule has 3 aromatic rings. The topological polar surface area (TPSA) is 131 Å². The first kappa shape index (κ1) is 25.5. The van der Waals surface area contributed by atoms with Gasteiger partial charge in [-0.15, -0.1) is 0 Å². The molecule has 36 heavy (non-hydrogen) atoms. The molecule has 1 aliphatic rings. The lowest BCUT2D eigenvalue weighted by Gasteiger charge is -2.34. The van der Waals surface area contributed by atoms with Crippen molar-refractivity contribution in [2.24, 2.45) is 0 Å².